The first-order valence-corrected chi connectivity index (χ1v) is 9.00. The Morgan fingerprint density at radius 3 is 2.76 bits per heavy atom. The van der Waals surface area contributed by atoms with Crippen molar-refractivity contribution < 1.29 is 23.0 Å². The van der Waals surface area contributed by atoms with Crippen LogP contribution in [0.25, 0.3) is 0 Å². The lowest BCUT2D eigenvalue weighted by atomic mass is 10.1. The fourth-order valence-corrected chi connectivity index (χ4v) is 3.83. The van der Waals surface area contributed by atoms with Crippen LogP contribution in [-0.2, 0) is 19.7 Å². The van der Waals surface area contributed by atoms with E-state index in [1.54, 1.807) is 7.11 Å². The van der Waals surface area contributed by atoms with Gasteiger partial charge in [0, 0.05) is 32.8 Å². The van der Waals surface area contributed by atoms with E-state index in [0.717, 1.165) is 32.1 Å². The summed E-state index contributed by atoms with van der Waals surface area (Å²) in [6.07, 6.45) is 4.07. The summed E-state index contributed by atoms with van der Waals surface area (Å²) in [5.41, 5.74) is 0. The van der Waals surface area contributed by atoms with Crippen LogP contribution < -0.4 is 4.72 Å². The topological polar surface area (TPSA) is 88.1 Å². The molecule has 1 unspecified atom stereocenters. The third kappa shape index (κ3) is 7.03. The van der Waals surface area contributed by atoms with Gasteiger partial charge in [-0.3, -0.25) is 0 Å². The molecule has 0 spiro atoms. The Morgan fingerprint density at radius 2 is 2.05 bits per heavy atom. The number of rotatable bonds is 11. The highest BCUT2D eigenvalue weighted by Crippen LogP contribution is 2.19. The monoisotopic (exact) mass is 324 g/mol. The van der Waals surface area contributed by atoms with Crippen LogP contribution in [0.5, 0.6) is 0 Å². The van der Waals surface area contributed by atoms with Crippen LogP contribution in [0, 0.1) is 0 Å². The number of methoxy groups -OCH3 is 1. The Morgan fingerprint density at radius 1 is 1.24 bits per heavy atom. The molecule has 0 aromatic heterocycles. The van der Waals surface area contributed by atoms with Gasteiger partial charge in [0.25, 0.3) is 10.2 Å². The maximum Gasteiger partial charge on any atom is 0.279 e. The average Bonchev–Trinajstić information content (AvgIpc) is 2.50. The molecule has 1 atom stereocenters. The van der Waals surface area contributed by atoms with Gasteiger partial charge in [0.05, 0.1) is 19.8 Å². The van der Waals surface area contributed by atoms with E-state index >= 15 is 0 Å². The van der Waals surface area contributed by atoms with Crippen LogP contribution in [0.2, 0.25) is 0 Å². The van der Waals surface area contributed by atoms with E-state index in [0.29, 0.717) is 32.9 Å². The van der Waals surface area contributed by atoms with Crippen molar-refractivity contribution in [2.24, 2.45) is 0 Å². The van der Waals surface area contributed by atoms with Gasteiger partial charge in [0.2, 0.25) is 0 Å². The molecule has 1 aliphatic rings. The molecule has 126 valence electrons. The van der Waals surface area contributed by atoms with E-state index in [4.69, 9.17) is 9.47 Å². The minimum absolute atomic E-state index is 0.117. The molecule has 1 rings (SSSR count). The molecule has 7 nitrogen and oxygen atoms in total. The Labute approximate surface area is 127 Å². The lowest BCUT2D eigenvalue weighted by Gasteiger charge is -2.33. The predicted octanol–water partition coefficient (Wildman–Crippen LogP) is 0.111. The molecule has 0 radical (unpaired) electrons. The average molecular weight is 324 g/mol. The Hall–Kier alpha value is -0.250. The number of hydrogen-bond acceptors (Lipinski definition) is 5. The Bertz CT molecular complexity index is 364. The van der Waals surface area contributed by atoms with Crippen molar-refractivity contribution in [1.82, 2.24) is 9.03 Å². The minimum atomic E-state index is -3.48. The molecule has 0 bridgehead atoms. The van der Waals surface area contributed by atoms with Gasteiger partial charge < -0.3 is 14.6 Å². The van der Waals surface area contributed by atoms with Crippen molar-refractivity contribution in [1.29, 1.82) is 0 Å². The number of ether oxygens (including phenoxy) is 2. The molecule has 8 heteroatoms. The molecule has 1 saturated heterocycles. The van der Waals surface area contributed by atoms with Gasteiger partial charge in [-0.2, -0.15) is 12.7 Å². The van der Waals surface area contributed by atoms with E-state index in [1.165, 1.54) is 4.31 Å². The van der Waals surface area contributed by atoms with Gasteiger partial charge in [-0.1, -0.05) is 6.42 Å². The van der Waals surface area contributed by atoms with Crippen LogP contribution >= 0.6 is 0 Å². The van der Waals surface area contributed by atoms with Crippen molar-refractivity contribution in [3.63, 3.8) is 0 Å². The highest BCUT2D eigenvalue weighted by molar-refractivity contribution is 7.87. The summed E-state index contributed by atoms with van der Waals surface area (Å²) in [4.78, 5) is 0. The second kappa shape index (κ2) is 10.5. The SMILES string of the molecule is COCCOCCCCNS(=O)(=O)N1CCCCC1CO. The van der Waals surface area contributed by atoms with E-state index < -0.39 is 10.2 Å². The van der Waals surface area contributed by atoms with E-state index in [-0.39, 0.29) is 12.6 Å². The smallest absolute Gasteiger partial charge is 0.279 e. The Balaban J connectivity index is 2.20. The van der Waals surface area contributed by atoms with E-state index in [9.17, 15) is 13.5 Å². The van der Waals surface area contributed by atoms with E-state index in [1.807, 2.05) is 0 Å². The molecule has 0 saturated carbocycles. The van der Waals surface area contributed by atoms with Crippen molar-refractivity contribution in [3.05, 3.63) is 0 Å². The molecule has 1 fully saturated rings. The molecule has 21 heavy (non-hydrogen) atoms. The van der Waals surface area contributed by atoms with Gasteiger partial charge in [-0.25, -0.2) is 4.72 Å². The van der Waals surface area contributed by atoms with Crippen LogP contribution in [0.15, 0.2) is 0 Å². The highest BCUT2D eigenvalue weighted by atomic mass is 32.2. The lowest BCUT2D eigenvalue weighted by Crippen LogP contribution is -2.50. The van der Waals surface area contributed by atoms with Crippen LogP contribution in [0.4, 0.5) is 0 Å². The number of hydrogen-bond donors (Lipinski definition) is 2. The maximum atomic E-state index is 12.2. The van der Waals surface area contributed by atoms with Crippen LogP contribution in [0.1, 0.15) is 32.1 Å². The summed E-state index contributed by atoms with van der Waals surface area (Å²) in [6, 6.07) is -0.284. The first kappa shape index (κ1) is 18.8. The van der Waals surface area contributed by atoms with Gasteiger partial charge in [-0.05, 0) is 25.7 Å². The van der Waals surface area contributed by atoms with Crippen molar-refractivity contribution in [2.75, 3.05) is 46.6 Å². The Kier molecular flexibility index (Phi) is 9.37. The fraction of sp³-hybridized carbons (Fsp3) is 1.00. The van der Waals surface area contributed by atoms with E-state index in [2.05, 4.69) is 4.72 Å². The third-order valence-corrected chi connectivity index (χ3v) is 5.19. The number of aliphatic hydroxyl groups is 1. The summed E-state index contributed by atoms with van der Waals surface area (Å²) in [5.74, 6) is 0. The molecule has 0 amide bonds. The molecule has 0 aliphatic carbocycles. The number of nitrogens with one attached hydrogen (secondary N) is 1. The lowest BCUT2D eigenvalue weighted by molar-refractivity contribution is 0.0689. The van der Waals surface area contributed by atoms with Gasteiger partial charge >= 0.3 is 0 Å². The standard InChI is InChI=1S/C13H28N2O5S/c1-19-10-11-20-9-5-3-7-14-21(17,18)15-8-4-2-6-13(15)12-16/h13-14,16H,2-12H2,1H3. The zero-order valence-electron chi connectivity index (χ0n) is 12.8. The second-order valence-electron chi connectivity index (χ2n) is 5.15. The summed E-state index contributed by atoms with van der Waals surface area (Å²) in [5, 5.41) is 9.28. The van der Waals surface area contributed by atoms with Gasteiger partial charge in [-0.15, -0.1) is 0 Å². The summed E-state index contributed by atoms with van der Waals surface area (Å²) < 4.78 is 38.5. The van der Waals surface area contributed by atoms with Crippen LogP contribution in [-0.4, -0.2) is 70.5 Å². The molecule has 0 aromatic carbocycles. The normalized spacial score (nSPS) is 20.8. The van der Waals surface area contributed by atoms with Gasteiger partial charge in [0.15, 0.2) is 0 Å². The quantitative estimate of drug-likeness (QED) is 0.527. The third-order valence-electron chi connectivity index (χ3n) is 3.52. The highest BCUT2D eigenvalue weighted by Gasteiger charge is 2.31. The van der Waals surface area contributed by atoms with Crippen LogP contribution in [0.3, 0.4) is 0 Å². The van der Waals surface area contributed by atoms with Gasteiger partial charge in [0.1, 0.15) is 0 Å². The zero-order valence-corrected chi connectivity index (χ0v) is 13.6. The minimum Gasteiger partial charge on any atom is -0.395 e. The van der Waals surface area contributed by atoms with Crippen molar-refractivity contribution in [3.8, 4) is 0 Å². The zero-order chi connectivity index (χ0) is 15.6. The number of nitrogens with zero attached hydrogens (tertiary/aromatic N) is 1. The first-order valence-electron chi connectivity index (χ1n) is 7.56. The number of aliphatic hydroxyl groups excluding tert-OH is 1. The molecular formula is C13H28N2O5S. The summed E-state index contributed by atoms with van der Waals surface area (Å²) in [7, 11) is -1.86. The first-order chi connectivity index (χ1) is 10.1. The predicted molar refractivity (Wildman–Crippen MR) is 80.3 cm³/mol. The number of unbranched alkanes of at least 4 members (excludes halogenated alkanes) is 1. The maximum absolute atomic E-state index is 12.2. The molecule has 1 aliphatic heterocycles. The molecule has 0 aromatic rings. The summed E-state index contributed by atoms with van der Waals surface area (Å²) >= 11 is 0. The van der Waals surface area contributed by atoms with Crippen molar-refractivity contribution in [2.45, 2.75) is 38.1 Å². The fourth-order valence-electron chi connectivity index (χ4n) is 2.33. The molecular weight excluding hydrogens is 296 g/mol. The molecule has 2 N–H and O–H groups in total. The molecule has 1 heterocycles. The second-order valence-corrected chi connectivity index (χ2v) is 6.86. The number of piperidine rings is 1. The largest absolute Gasteiger partial charge is 0.395 e. The van der Waals surface area contributed by atoms with Crippen molar-refractivity contribution >= 4 is 10.2 Å². The summed E-state index contributed by atoms with van der Waals surface area (Å²) in [6.45, 7) is 2.51.